The number of fused-ring (bicyclic) bond motifs is 1. The lowest BCUT2D eigenvalue weighted by atomic mass is 9.99. The van der Waals surface area contributed by atoms with Crippen LogP contribution < -0.4 is 5.32 Å². The largest absolute Gasteiger partial charge is 0.304 e. The van der Waals surface area contributed by atoms with E-state index in [2.05, 4.69) is 57.5 Å². The average molecular weight is 404 g/mol. The Morgan fingerprint density at radius 3 is 2.80 bits per heavy atom. The van der Waals surface area contributed by atoms with E-state index in [1.54, 1.807) is 0 Å². The van der Waals surface area contributed by atoms with E-state index in [0.29, 0.717) is 18.3 Å². The van der Waals surface area contributed by atoms with E-state index in [1.165, 1.54) is 6.42 Å². The number of halogens is 1. The molecule has 6 nitrogen and oxygen atoms in total. The second-order valence-corrected chi connectivity index (χ2v) is 9.05. The molecule has 0 bridgehead atoms. The Balaban J connectivity index is 1.59. The highest BCUT2D eigenvalue weighted by atomic mass is 79.9. The van der Waals surface area contributed by atoms with Gasteiger partial charge < -0.3 is 5.32 Å². The van der Waals surface area contributed by atoms with Crippen molar-refractivity contribution >= 4 is 21.7 Å². The molecule has 1 saturated heterocycles. The number of hydrogen-bond donors (Lipinski definition) is 1. The van der Waals surface area contributed by atoms with Gasteiger partial charge in [-0.05, 0) is 73.7 Å². The van der Waals surface area contributed by atoms with Gasteiger partial charge in [-0.25, -0.2) is 4.68 Å². The summed E-state index contributed by atoms with van der Waals surface area (Å²) in [6.45, 7) is 6.19. The van der Waals surface area contributed by atoms with Gasteiger partial charge in [0, 0.05) is 22.5 Å². The quantitative estimate of drug-likeness (QED) is 0.849. The number of carbonyl (C=O) groups excluding carboxylic acids is 1. The van der Waals surface area contributed by atoms with Crippen molar-refractivity contribution in [3.05, 3.63) is 28.2 Å². The number of benzene rings is 1. The van der Waals surface area contributed by atoms with E-state index >= 15 is 0 Å². The topological polar surface area (TPSA) is 72.7 Å². The highest BCUT2D eigenvalue weighted by molar-refractivity contribution is 9.10. The van der Waals surface area contributed by atoms with Crippen LogP contribution in [0.25, 0.3) is 11.4 Å². The molecule has 0 amide bonds. The molecule has 25 heavy (non-hydrogen) atoms. The van der Waals surface area contributed by atoms with E-state index in [1.807, 2.05) is 22.9 Å². The molecular formula is C18H22BrN5O. The minimum Gasteiger partial charge on any atom is -0.304 e. The number of aromatic nitrogens is 4. The van der Waals surface area contributed by atoms with Crippen LogP contribution in [0, 0.1) is 5.92 Å². The molecule has 1 aromatic carbocycles. The van der Waals surface area contributed by atoms with Crippen molar-refractivity contribution in [3.8, 4) is 11.4 Å². The van der Waals surface area contributed by atoms with Gasteiger partial charge in [-0.15, -0.1) is 5.10 Å². The number of nitrogens with one attached hydrogen (secondary N) is 1. The summed E-state index contributed by atoms with van der Waals surface area (Å²) in [6, 6.07) is 6.62. The lowest BCUT2D eigenvalue weighted by Gasteiger charge is -2.20. The number of Topliss-reactive ketones (excluding diaryl/α,β-unsaturated/α-hetero) is 1. The van der Waals surface area contributed by atoms with Crippen LogP contribution in [0.15, 0.2) is 22.7 Å². The van der Waals surface area contributed by atoms with Crippen LogP contribution in [0.3, 0.4) is 0 Å². The first kappa shape index (κ1) is 16.8. The van der Waals surface area contributed by atoms with Gasteiger partial charge in [0.05, 0.1) is 11.6 Å². The summed E-state index contributed by atoms with van der Waals surface area (Å²) in [5.74, 6) is 1.71. The molecule has 0 unspecified atom stereocenters. The van der Waals surface area contributed by atoms with E-state index in [4.69, 9.17) is 0 Å². The van der Waals surface area contributed by atoms with Crippen LogP contribution in [0.1, 0.15) is 39.2 Å². The molecule has 2 aliphatic rings. The van der Waals surface area contributed by atoms with E-state index in [9.17, 15) is 4.79 Å². The fraction of sp³-hybridized carbons (Fsp3) is 0.556. The maximum Gasteiger partial charge on any atom is 0.182 e. The Kier molecular flexibility index (Phi) is 4.03. The van der Waals surface area contributed by atoms with Gasteiger partial charge in [0.2, 0.25) is 0 Å². The minimum atomic E-state index is -0.216. The molecule has 4 rings (SSSR count). The van der Waals surface area contributed by atoms with Gasteiger partial charge in [-0.1, -0.05) is 15.9 Å². The van der Waals surface area contributed by atoms with Crippen molar-refractivity contribution < 1.29 is 4.79 Å². The first-order valence-corrected chi connectivity index (χ1v) is 9.48. The third-order valence-electron chi connectivity index (χ3n) is 4.96. The monoisotopic (exact) mass is 403 g/mol. The van der Waals surface area contributed by atoms with Crippen molar-refractivity contribution in [3.63, 3.8) is 0 Å². The second kappa shape index (κ2) is 5.99. The minimum absolute atomic E-state index is 0.0195. The molecule has 0 spiro atoms. The van der Waals surface area contributed by atoms with Crippen LogP contribution in [0.2, 0.25) is 0 Å². The number of ketones is 1. The fourth-order valence-electron chi connectivity index (χ4n) is 3.59. The highest BCUT2D eigenvalue weighted by Crippen LogP contribution is 2.41. The number of piperidine rings is 1. The summed E-state index contributed by atoms with van der Waals surface area (Å²) < 4.78 is 2.74. The van der Waals surface area contributed by atoms with Crippen LogP contribution in [-0.4, -0.2) is 38.1 Å². The van der Waals surface area contributed by atoms with Gasteiger partial charge >= 0.3 is 0 Å². The fourth-order valence-corrected chi connectivity index (χ4v) is 4.13. The molecule has 2 aromatic rings. The zero-order chi connectivity index (χ0) is 17.8. The molecule has 1 aliphatic carbocycles. The van der Waals surface area contributed by atoms with Crippen LogP contribution in [-0.2, 0) is 16.8 Å². The molecule has 2 heterocycles. The number of hydrogen-bond acceptors (Lipinski definition) is 5. The Hall–Kier alpha value is -1.60. The summed E-state index contributed by atoms with van der Waals surface area (Å²) in [4.78, 5) is 12.6. The second-order valence-electron chi connectivity index (χ2n) is 8.13. The lowest BCUT2D eigenvalue weighted by Crippen LogP contribution is -2.34. The van der Waals surface area contributed by atoms with Gasteiger partial charge in [0.1, 0.15) is 0 Å². The number of rotatable bonds is 4. The third kappa shape index (κ3) is 3.40. The molecule has 1 saturated carbocycles. The lowest BCUT2D eigenvalue weighted by molar-refractivity contribution is -0.120. The summed E-state index contributed by atoms with van der Waals surface area (Å²) in [5, 5.41) is 15.6. The Labute approximate surface area is 155 Å². The van der Waals surface area contributed by atoms with Crippen LogP contribution >= 0.6 is 15.9 Å². The first-order chi connectivity index (χ1) is 11.8. The van der Waals surface area contributed by atoms with Gasteiger partial charge in [-0.2, -0.15) is 0 Å². The number of nitrogens with zero attached hydrogens (tertiary/aromatic N) is 4. The molecular weight excluding hydrogens is 382 g/mol. The number of tetrazole rings is 1. The molecule has 132 valence electrons. The zero-order valence-corrected chi connectivity index (χ0v) is 16.2. The normalized spacial score (nSPS) is 25.0. The van der Waals surface area contributed by atoms with Crippen molar-refractivity contribution in [2.45, 2.75) is 57.7 Å². The van der Waals surface area contributed by atoms with Gasteiger partial charge in [-0.3, -0.25) is 4.79 Å². The van der Waals surface area contributed by atoms with E-state index in [-0.39, 0.29) is 17.4 Å². The summed E-state index contributed by atoms with van der Waals surface area (Å²) >= 11 is 3.56. The molecule has 1 aromatic heterocycles. The van der Waals surface area contributed by atoms with Gasteiger partial charge in [0.25, 0.3) is 0 Å². The summed E-state index contributed by atoms with van der Waals surface area (Å²) in [7, 11) is 0. The molecule has 1 N–H and O–H groups in total. The van der Waals surface area contributed by atoms with Crippen LogP contribution in [0.4, 0.5) is 0 Å². The molecule has 2 fully saturated rings. The van der Waals surface area contributed by atoms with Crippen molar-refractivity contribution in [1.82, 2.24) is 25.5 Å². The van der Waals surface area contributed by atoms with E-state index < -0.39 is 0 Å². The predicted molar refractivity (Wildman–Crippen MR) is 98.1 cm³/mol. The Morgan fingerprint density at radius 2 is 2.12 bits per heavy atom. The van der Waals surface area contributed by atoms with Gasteiger partial charge in [0.15, 0.2) is 11.6 Å². The Morgan fingerprint density at radius 1 is 1.32 bits per heavy atom. The first-order valence-electron chi connectivity index (χ1n) is 8.69. The van der Waals surface area contributed by atoms with Crippen LogP contribution in [0.5, 0.6) is 0 Å². The smallest absolute Gasteiger partial charge is 0.182 e. The van der Waals surface area contributed by atoms with Crippen molar-refractivity contribution in [1.29, 1.82) is 0 Å². The molecule has 3 atom stereocenters. The van der Waals surface area contributed by atoms with E-state index in [0.717, 1.165) is 27.9 Å². The highest BCUT2D eigenvalue weighted by Gasteiger charge is 2.47. The number of carbonyl (C=O) groups is 1. The molecule has 0 radical (unpaired) electrons. The SMILES string of the molecule is CC(C)(C)n1nnnc1-c1cc(Br)cc(CC(=O)[C@@H]2C[C@H]3C[C@H]3N2)c1. The summed E-state index contributed by atoms with van der Waals surface area (Å²) in [5.41, 5.74) is 1.69. The Bertz CT molecular complexity index is 815. The summed E-state index contributed by atoms with van der Waals surface area (Å²) in [6.07, 6.45) is 2.66. The zero-order valence-electron chi connectivity index (χ0n) is 14.7. The maximum atomic E-state index is 12.6. The average Bonchev–Trinajstić information content (AvgIpc) is 2.97. The molecule has 1 aliphatic heterocycles. The molecule has 7 heteroatoms. The third-order valence-corrected chi connectivity index (χ3v) is 5.42. The predicted octanol–water partition coefficient (Wildman–Crippen LogP) is 2.72. The van der Waals surface area contributed by atoms with Crippen molar-refractivity contribution in [2.75, 3.05) is 0 Å². The maximum absolute atomic E-state index is 12.6. The standard InChI is InChI=1S/C18H22BrN5O/c1-18(2,3)24-17(21-22-23-24)12-4-10(5-13(19)7-12)6-16(25)15-9-11-8-14(11)20-15/h4-5,7,11,14-15,20H,6,8-9H2,1-3H3/t11-,14-,15+/m1/s1. The van der Waals surface area contributed by atoms with Crippen molar-refractivity contribution in [2.24, 2.45) is 5.92 Å².